The number of halogens is 3. The summed E-state index contributed by atoms with van der Waals surface area (Å²) in [6.07, 6.45) is -3.27. The molecule has 2 rings (SSSR count). The average molecular weight is 230 g/mol. The lowest BCUT2D eigenvalue weighted by atomic mass is 10.1. The molecule has 0 aromatic heterocycles. The Kier molecular flexibility index (Phi) is 2.69. The highest BCUT2D eigenvalue weighted by Gasteiger charge is 2.26. The second-order valence-corrected chi connectivity index (χ2v) is 3.98. The molecule has 1 aromatic carbocycles. The minimum Gasteiger partial charge on any atom is -0.376 e. The fourth-order valence-electron chi connectivity index (χ4n) is 1.88. The van der Waals surface area contributed by atoms with E-state index in [9.17, 15) is 13.2 Å². The van der Waals surface area contributed by atoms with E-state index in [0.29, 0.717) is 5.69 Å². The standard InChI is InChI=1S/C11H13F3N2/c1-16-5-4-8-6-9(2-3-10(8)16)15-7-11(12,13)14/h2-3,6,15H,4-5,7H2,1H3. The van der Waals surface area contributed by atoms with E-state index in [1.807, 2.05) is 13.1 Å². The quantitative estimate of drug-likeness (QED) is 0.840. The number of nitrogens with zero attached hydrogens (tertiary/aromatic N) is 1. The highest BCUT2D eigenvalue weighted by Crippen LogP contribution is 2.29. The molecule has 0 radical (unpaired) electrons. The van der Waals surface area contributed by atoms with Crippen molar-refractivity contribution in [3.05, 3.63) is 23.8 Å². The van der Waals surface area contributed by atoms with Gasteiger partial charge in [0.15, 0.2) is 0 Å². The van der Waals surface area contributed by atoms with Gasteiger partial charge in [-0.15, -0.1) is 0 Å². The van der Waals surface area contributed by atoms with Gasteiger partial charge in [-0.2, -0.15) is 13.2 Å². The van der Waals surface area contributed by atoms with E-state index in [1.165, 1.54) is 0 Å². The largest absolute Gasteiger partial charge is 0.405 e. The number of alkyl halides is 3. The van der Waals surface area contributed by atoms with Crippen LogP contribution in [0.15, 0.2) is 18.2 Å². The molecule has 0 spiro atoms. The van der Waals surface area contributed by atoms with E-state index in [-0.39, 0.29) is 0 Å². The Morgan fingerprint density at radius 1 is 1.38 bits per heavy atom. The predicted molar refractivity (Wildman–Crippen MR) is 58.0 cm³/mol. The first-order valence-corrected chi connectivity index (χ1v) is 5.10. The van der Waals surface area contributed by atoms with Gasteiger partial charge < -0.3 is 10.2 Å². The molecule has 1 heterocycles. The Bertz CT molecular complexity index is 387. The van der Waals surface area contributed by atoms with Crippen LogP contribution in [0, 0.1) is 0 Å². The summed E-state index contributed by atoms with van der Waals surface area (Å²) in [4.78, 5) is 2.10. The summed E-state index contributed by atoms with van der Waals surface area (Å²) in [5.74, 6) is 0. The first kappa shape index (κ1) is 11.1. The van der Waals surface area contributed by atoms with Crippen LogP contribution in [0.5, 0.6) is 0 Å². The van der Waals surface area contributed by atoms with E-state index in [1.54, 1.807) is 12.1 Å². The summed E-state index contributed by atoms with van der Waals surface area (Å²) in [5.41, 5.74) is 2.75. The van der Waals surface area contributed by atoms with E-state index in [0.717, 1.165) is 24.2 Å². The molecular formula is C11H13F3N2. The molecule has 16 heavy (non-hydrogen) atoms. The van der Waals surface area contributed by atoms with Crippen molar-refractivity contribution in [1.82, 2.24) is 0 Å². The number of hydrogen-bond acceptors (Lipinski definition) is 2. The van der Waals surface area contributed by atoms with Crippen LogP contribution in [0.3, 0.4) is 0 Å². The third-order valence-electron chi connectivity index (χ3n) is 2.70. The van der Waals surface area contributed by atoms with Crippen molar-refractivity contribution in [1.29, 1.82) is 0 Å². The number of nitrogens with one attached hydrogen (secondary N) is 1. The summed E-state index contributed by atoms with van der Waals surface area (Å²) in [5, 5.41) is 2.39. The monoisotopic (exact) mass is 230 g/mol. The Hall–Kier alpha value is -1.39. The first-order chi connectivity index (χ1) is 7.46. The summed E-state index contributed by atoms with van der Waals surface area (Å²) in [6, 6.07) is 5.35. The SMILES string of the molecule is CN1CCc2cc(NCC(F)(F)F)ccc21. The molecule has 0 atom stereocenters. The van der Waals surface area contributed by atoms with Crippen LogP contribution in [0.2, 0.25) is 0 Å². The fraction of sp³-hybridized carbons (Fsp3) is 0.455. The van der Waals surface area contributed by atoms with Crippen LogP contribution in [0.4, 0.5) is 24.5 Å². The molecule has 5 heteroatoms. The van der Waals surface area contributed by atoms with Gasteiger partial charge in [0.05, 0.1) is 0 Å². The molecule has 2 nitrogen and oxygen atoms in total. The molecule has 0 bridgehead atoms. The second-order valence-electron chi connectivity index (χ2n) is 3.98. The number of hydrogen-bond donors (Lipinski definition) is 1. The van der Waals surface area contributed by atoms with Gasteiger partial charge in [-0.3, -0.25) is 0 Å². The summed E-state index contributed by atoms with van der Waals surface area (Å²) in [6.45, 7) is -0.0559. The van der Waals surface area contributed by atoms with Crippen molar-refractivity contribution in [2.24, 2.45) is 0 Å². The van der Waals surface area contributed by atoms with Crippen LogP contribution in [0.1, 0.15) is 5.56 Å². The summed E-state index contributed by atoms with van der Waals surface area (Å²) in [7, 11) is 1.98. The lowest BCUT2D eigenvalue weighted by Crippen LogP contribution is -2.21. The zero-order chi connectivity index (χ0) is 11.8. The van der Waals surface area contributed by atoms with Gasteiger partial charge in [0.2, 0.25) is 0 Å². The van der Waals surface area contributed by atoms with Crippen LogP contribution < -0.4 is 10.2 Å². The number of anilines is 2. The van der Waals surface area contributed by atoms with E-state index in [2.05, 4.69) is 10.2 Å². The predicted octanol–water partition coefficient (Wildman–Crippen LogP) is 2.65. The average Bonchev–Trinajstić information content (AvgIpc) is 2.56. The van der Waals surface area contributed by atoms with E-state index in [4.69, 9.17) is 0 Å². The van der Waals surface area contributed by atoms with Gasteiger partial charge >= 0.3 is 6.18 Å². The molecule has 0 amide bonds. The Morgan fingerprint density at radius 2 is 2.12 bits per heavy atom. The number of benzene rings is 1. The minimum atomic E-state index is -4.17. The molecule has 0 saturated heterocycles. The number of rotatable bonds is 2. The highest BCUT2D eigenvalue weighted by atomic mass is 19.4. The van der Waals surface area contributed by atoms with Crippen LogP contribution >= 0.6 is 0 Å². The minimum absolute atomic E-state index is 0.534. The van der Waals surface area contributed by atoms with Crippen LogP contribution in [0.25, 0.3) is 0 Å². The number of fused-ring (bicyclic) bond motifs is 1. The Labute approximate surface area is 92.1 Å². The topological polar surface area (TPSA) is 15.3 Å². The lowest BCUT2D eigenvalue weighted by Gasteiger charge is -2.13. The van der Waals surface area contributed by atoms with Crippen molar-refractivity contribution < 1.29 is 13.2 Å². The van der Waals surface area contributed by atoms with Crippen molar-refractivity contribution in [3.63, 3.8) is 0 Å². The van der Waals surface area contributed by atoms with Crippen LogP contribution in [-0.2, 0) is 6.42 Å². The summed E-state index contributed by atoms with van der Waals surface area (Å²) >= 11 is 0. The molecular weight excluding hydrogens is 217 g/mol. The molecule has 1 aromatic rings. The molecule has 1 aliphatic rings. The maximum Gasteiger partial charge on any atom is 0.405 e. The van der Waals surface area contributed by atoms with E-state index >= 15 is 0 Å². The molecule has 88 valence electrons. The Balaban J connectivity index is 2.08. The van der Waals surface area contributed by atoms with Gasteiger partial charge in [-0.05, 0) is 30.2 Å². The van der Waals surface area contributed by atoms with Gasteiger partial charge in [0.25, 0.3) is 0 Å². The molecule has 0 unspecified atom stereocenters. The first-order valence-electron chi connectivity index (χ1n) is 5.10. The zero-order valence-corrected chi connectivity index (χ0v) is 8.93. The van der Waals surface area contributed by atoms with Gasteiger partial charge in [0.1, 0.15) is 6.54 Å². The molecule has 1 aliphatic heterocycles. The van der Waals surface area contributed by atoms with Gasteiger partial charge in [0, 0.05) is 25.0 Å². The smallest absolute Gasteiger partial charge is 0.376 e. The lowest BCUT2D eigenvalue weighted by molar-refractivity contribution is -0.115. The van der Waals surface area contributed by atoms with Crippen molar-refractivity contribution in [2.45, 2.75) is 12.6 Å². The third-order valence-corrected chi connectivity index (χ3v) is 2.70. The van der Waals surface area contributed by atoms with Crippen molar-refractivity contribution >= 4 is 11.4 Å². The van der Waals surface area contributed by atoms with Crippen molar-refractivity contribution in [3.8, 4) is 0 Å². The van der Waals surface area contributed by atoms with Gasteiger partial charge in [-0.1, -0.05) is 0 Å². The molecule has 0 saturated carbocycles. The number of likely N-dealkylation sites (N-methyl/N-ethyl adjacent to an activating group) is 1. The molecule has 0 aliphatic carbocycles. The zero-order valence-electron chi connectivity index (χ0n) is 8.93. The maximum atomic E-state index is 12.0. The fourth-order valence-corrected chi connectivity index (χ4v) is 1.88. The van der Waals surface area contributed by atoms with Crippen molar-refractivity contribution in [2.75, 3.05) is 30.4 Å². The van der Waals surface area contributed by atoms with Crippen LogP contribution in [-0.4, -0.2) is 26.3 Å². The highest BCUT2D eigenvalue weighted by molar-refractivity contribution is 5.63. The third kappa shape index (κ3) is 2.40. The maximum absolute atomic E-state index is 12.0. The van der Waals surface area contributed by atoms with Gasteiger partial charge in [-0.25, -0.2) is 0 Å². The second kappa shape index (κ2) is 3.88. The molecule has 1 N–H and O–H groups in total. The normalized spacial score (nSPS) is 15.1. The molecule has 0 fully saturated rings. The summed E-state index contributed by atoms with van der Waals surface area (Å²) < 4.78 is 36.0. The van der Waals surface area contributed by atoms with E-state index < -0.39 is 12.7 Å². The Morgan fingerprint density at radius 3 is 2.81 bits per heavy atom.